The number of hydrogen-bond acceptors (Lipinski definition) is 7. The molecule has 3 aromatic rings. The van der Waals surface area contributed by atoms with Gasteiger partial charge in [-0.05, 0) is 46.6 Å². The fourth-order valence-electron chi connectivity index (χ4n) is 3.68. The van der Waals surface area contributed by atoms with Gasteiger partial charge in [0.05, 0.1) is 23.9 Å². The van der Waals surface area contributed by atoms with E-state index in [1.54, 1.807) is 18.2 Å². The van der Waals surface area contributed by atoms with E-state index in [1.165, 1.54) is 18.5 Å². The average molecular weight is 462 g/mol. The molecular weight excluding hydrogens is 445 g/mol. The second-order valence-electron chi connectivity index (χ2n) is 6.96. The summed E-state index contributed by atoms with van der Waals surface area (Å²) in [6, 6.07) is 7.52. The molecule has 1 aromatic heterocycles. The Labute approximate surface area is 174 Å². The fraction of sp³-hybridized carbons (Fsp3) is 0.300. The Hall–Kier alpha value is -2.49. The van der Waals surface area contributed by atoms with Crippen LogP contribution in [0.4, 0.5) is 15.9 Å². The zero-order valence-electron chi connectivity index (χ0n) is 15.1. The van der Waals surface area contributed by atoms with Crippen LogP contribution in [0.15, 0.2) is 41.1 Å². The molecule has 2 fully saturated rings. The monoisotopic (exact) mass is 461 g/mol. The topological polar surface area (TPSA) is 85.7 Å². The minimum atomic E-state index is -0.348. The Kier molecular flexibility index (Phi) is 4.73. The highest BCUT2D eigenvalue weighted by Crippen LogP contribution is 2.37. The van der Waals surface area contributed by atoms with Gasteiger partial charge in [-0.3, -0.25) is 0 Å². The van der Waals surface area contributed by atoms with Crippen molar-refractivity contribution in [3.8, 4) is 11.5 Å². The van der Waals surface area contributed by atoms with E-state index in [4.69, 9.17) is 14.2 Å². The van der Waals surface area contributed by atoms with Crippen LogP contribution in [0, 0.1) is 5.82 Å². The van der Waals surface area contributed by atoms with Crippen molar-refractivity contribution in [3.63, 3.8) is 0 Å². The van der Waals surface area contributed by atoms with Crippen LogP contribution in [-0.4, -0.2) is 46.6 Å². The van der Waals surface area contributed by atoms with Gasteiger partial charge in [0.1, 0.15) is 24.1 Å². The van der Waals surface area contributed by atoms with Crippen molar-refractivity contribution in [1.29, 1.82) is 0 Å². The van der Waals surface area contributed by atoms with Crippen molar-refractivity contribution in [2.24, 2.45) is 0 Å². The lowest BCUT2D eigenvalue weighted by molar-refractivity contribution is 0.0299. The Morgan fingerprint density at radius 3 is 2.97 bits per heavy atom. The first kappa shape index (κ1) is 18.5. The number of halogens is 2. The van der Waals surface area contributed by atoms with Gasteiger partial charge in [0.15, 0.2) is 17.6 Å². The molecule has 0 saturated carbocycles. The molecule has 5 rings (SSSR count). The third-order valence-corrected chi connectivity index (χ3v) is 5.75. The van der Waals surface area contributed by atoms with E-state index in [9.17, 15) is 9.50 Å². The van der Waals surface area contributed by atoms with Crippen LogP contribution in [0.5, 0.6) is 11.5 Å². The summed E-state index contributed by atoms with van der Waals surface area (Å²) in [7, 11) is 0. The van der Waals surface area contributed by atoms with E-state index >= 15 is 0 Å². The van der Waals surface area contributed by atoms with Gasteiger partial charge in [0, 0.05) is 22.5 Å². The van der Waals surface area contributed by atoms with E-state index in [1.807, 2.05) is 0 Å². The van der Waals surface area contributed by atoms with Crippen molar-refractivity contribution >= 4 is 38.3 Å². The quantitative estimate of drug-likeness (QED) is 0.608. The van der Waals surface area contributed by atoms with Crippen LogP contribution in [0.1, 0.15) is 6.42 Å². The maximum absolute atomic E-state index is 13.3. The zero-order valence-corrected chi connectivity index (χ0v) is 16.7. The number of nitrogens with one attached hydrogen (secondary N) is 1. The van der Waals surface area contributed by atoms with Crippen LogP contribution >= 0.6 is 15.9 Å². The number of aromatic nitrogens is 2. The van der Waals surface area contributed by atoms with Gasteiger partial charge in [0.2, 0.25) is 0 Å². The molecule has 9 heteroatoms. The van der Waals surface area contributed by atoms with Crippen LogP contribution in [-0.2, 0) is 9.47 Å². The number of hydrogen-bond donors (Lipinski definition) is 2. The molecule has 0 amide bonds. The van der Waals surface area contributed by atoms with Gasteiger partial charge < -0.3 is 24.6 Å². The predicted molar refractivity (Wildman–Crippen MR) is 107 cm³/mol. The number of benzene rings is 2. The first-order valence-corrected chi connectivity index (χ1v) is 9.97. The molecule has 150 valence electrons. The van der Waals surface area contributed by atoms with Crippen LogP contribution < -0.4 is 10.1 Å². The van der Waals surface area contributed by atoms with E-state index in [0.29, 0.717) is 45.8 Å². The molecule has 29 heavy (non-hydrogen) atoms. The molecule has 3 atom stereocenters. The van der Waals surface area contributed by atoms with Crippen molar-refractivity contribution < 1.29 is 23.7 Å². The van der Waals surface area contributed by atoms with Gasteiger partial charge in [-0.15, -0.1) is 0 Å². The molecule has 0 bridgehead atoms. The first-order valence-electron chi connectivity index (χ1n) is 9.18. The summed E-state index contributed by atoms with van der Waals surface area (Å²) in [5.74, 6) is 0.413. The second kappa shape index (κ2) is 7.40. The molecule has 0 spiro atoms. The normalized spacial score (nSPS) is 23.3. The van der Waals surface area contributed by atoms with Crippen molar-refractivity contribution in [3.05, 3.63) is 46.9 Å². The van der Waals surface area contributed by atoms with Crippen LogP contribution in [0.25, 0.3) is 10.9 Å². The summed E-state index contributed by atoms with van der Waals surface area (Å²) in [5.41, 5.74) is 1.23. The average Bonchev–Trinajstić information content (AvgIpc) is 3.30. The number of fused-ring (bicyclic) bond motifs is 2. The summed E-state index contributed by atoms with van der Waals surface area (Å²) in [6.45, 7) is 1.07. The number of aromatic hydroxyl groups is 1. The molecule has 2 unspecified atom stereocenters. The summed E-state index contributed by atoms with van der Waals surface area (Å²) in [6.07, 6.45) is 1.92. The lowest BCUT2D eigenvalue weighted by Gasteiger charge is -2.19. The third kappa shape index (κ3) is 3.50. The predicted octanol–water partition coefficient (Wildman–Crippen LogP) is 3.92. The molecule has 3 heterocycles. The largest absolute Gasteiger partial charge is 0.504 e. The number of nitrogens with zero attached hydrogens (tertiary/aromatic N) is 2. The number of ether oxygens (including phenoxy) is 3. The van der Waals surface area contributed by atoms with Crippen LogP contribution in [0.2, 0.25) is 0 Å². The minimum absolute atomic E-state index is 0.0324. The number of phenols is 1. The maximum Gasteiger partial charge on any atom is 0.163 e. The SMILES string of the molecule is Oc1cc2c(Nc3ccc(F)cc3Br)ncnc2cc1O[C@@H]1COC2CCOC21. The molecule has 2 aromatic carbocycles. The summed E-state index contributed by atoms with van der Waals surface area (Å²) in [5, 5.41) is 14.3. The Balaban J connectivity index is 1.45. The summed E-state index contributed by atoms with van der Waals surface area (Å²) < 4.78 is 31.3. The molecule has 7 nitrogen and oxygen atoms in total. The van der Waals surface area contributed by atoms with Gasteiger partial charge in [-0.1, -0.05) is 0 Å². The Bertz CT molecular complexity index is 1080. The lowest BCUT2D eigenvalue weighted by atomic mass is 10.1. The fourth-order valence-corrected chi connectivity index (χ4v) is 4.13. The van der Waals surface area contributed by atoms with E-state index in [0.717, 1.165) is 6.42 Å². The zero-order chi connectivity index (χ0) is 20.0. The van der Waals surface area contributed by atoms with Crippen LogP contribution in [0.3, 0.4) is 0 Å². The van der Waals surface area contributed by atoms with Gasteiger partial charge in [-0.2, -0.15) is 0 Å². The van der Waals surface area contributed by atoms with E-state index < -0.39 is 0 Å². The highest BCUT2D eigenvalue weighted by atomic mass is 79.9. The molecule has 2 aliphatic heterocycles. The second-order valence-corrected chi connectivity index (χ2v) is 7.82. The standard InChI is InChI=1S/C20H17BrFN3O4/c21-12-5-10(22)1-2-13(12)25-20-11-6-15(26)17(7-14(11)23-9-24-20)29-18-8-28-16-3-4-27-19(16)18/h1-2,5-7,9,16,18-19,26H,3-4,8H2,(H,23,24,25)/t16?,18-,19?/m1/s1. The number of anilines is 2. The molecular formula is C20H17BrFN3O4. The number of phenolic OH excluding ortho intramolecular Hbond substituents is 1. The minimum Gasteiger partial charge on any atom is -0.504 e. The third-order valence-electron chi connectivity index (χ3n) is 5.10. The van der Waals surface area contributed by atoms with Crippen molar-refractivity contribution in [2.45, 2.75) is 24.7 Å². The summed E-state index contributed by atoms with van der Waals surface area (Å²) in [4.78, 5) is 8.54. The molecule has 0 radical (unpaired) electrons. The van der Waals surface area contributed by atoms with Gasteiger partial charge in [0.25, 0.3) is 0 Å². The summed E-state index contributed by atoms with van der Waals surface area (Å²) >= 11 is 3.33. The van der Waals surface area contributed by atoms with E-state index in [2.05, 4.69) is 31.2 Å². The highest BCUT2D eigenvalue weighted by Gasteiger charge is 2.43. The first-order chi connectivity index (χ1) is 14.1. The van der Waals surface area contributed by atoms with Crippen molar-refractivity contribution in [2.75, 3.05) is 18.5 Å². The van der Waals surface area contributed by atoms with Gasteiger partial charge >= 0.3 is 0 Å². The smallest absolute Gasteiger partial charge is 0.163 e. The molecule has 0 aliphatic carbocycles. The highest BCUT2D eigenvalue weighted by molar-refractivity contribution is 9.10. The number of rotatable bonds is 4. The van der Waals surface area contributed by atoms with E-state index in [-0.39, 0.29) is 29.9 Å². The molecule has 2 aliphatic rings. The Morgan fingerprint density at radius 2 is 2.10 bits per heavy atom. The molecule has 2 N–H and O–H groups in total. The van der Waals surface area contributed by atoms with Crippen molar-refractivity contribution in [1.82, 2.24) is 9.97 Å². The van der Waals surface area contributed by atoms with Gasteiger partial charge in [-0.25, -0.2) is 14.4 Å². The maximum atomic E-state index is 13.3. The lowest BCUT2D eigenvalue weighted by Crippen LogP contribution is -2.32. The Morgan fingerprint density at radius 1 is 1.21 bits per heavy atom. The molecule has 2 saturated heterocycles.